The van der Waals surface area contributed by atoms with Gasteiger partial charge in [-0.2, -0.15) is 18.1 Å². The highest BCUT2D eigenvalue weighted by molar-refractivity contribution is 7.80. The van der Waals surface area contributed by atoms with Crippen LogP contribution >= 0.6 is 0 Å². The predicted octanol–water partition coefficient (Wildman–Crippen LogP) is 7.21. The zero-order valence-electron chi connectivity index (χ0n) is 16.1. The van der Waals surface area contributed by atoms with Gasteiger partial charge in [-0.3, -0.25) is 8.78 Å². The number of halogens is 11. The SMILES string of the molecule is C.C.CCCCCF.CF.FCC(F)(F)F.FCF.FCOF.O=S(=O)([O-])F.[NH4+].[NH4+].[OH-]. The molecule has 19 heteroatoms. The van der Waals surface area contributed by atoms with Gasteiger partial charge in [0.1, 0.15) is 0 Å². The minimum atomic E-state index is -5.42. The molecule has 7 nitrogen and oxygen atoms in total. The van der Waals surface area contributed by atoms with Crippen molar-refractivity contribution in [1.82, 2.24) is 12.3 Å². The van der Waals surface area contributed by atoms with Gasteiger partial charge in [-0.05, 0) is 10.9 Å². The molecule has 208 valence electrons. The molecule has 0 aliphatic heterocycles. The van der Waals surface area contributed by atoms with Crippen molar-refractivity contribution in [3.63, 3.8) is 0 Å². The lowest BCUT2D eigenvalue weighted by Crippen LogP contribution is -2.08. The molecule has 0 unspecified atom stereocenters. The van der Waals surface area contributed by atoms with Crippen molar-refractivity contribution in [1.29, 1.82) is 0 Å². The third-order valence-corrected chi connectivity index (χ3v) is 0.930. The molecule has 0 heterocycles. The second-order valence-corrected chi connectivity index (χ2v) is 3.64. The Morgan fingerprint density at radius 1 is 0.903 bits per heavy atom. The molecule has 0 bridgehead atoms. The molecule has 0 saturated heterocycles. The van der Waals surface area contributed by atoms with Gasteiger partial charge >= 0.3 is 6.18 Å². The molecule has 0 aliphatic rings. The van der Waals surface area contributed by atoms with E-state index in [1.54, 1.807) is 0 Å². The third-order valence-electron chi connectivity index (χ3n) is 0.930. The summed E-state index contributed by atoms with van der Waals surface area (Å²) < 4.78 is 137. The van der Waals surface area contributed by atoms with Gasteiger partial charge in [-0.15, -0.1) is 3.89 Å². The zero-order valence-corrected chi connectivity index (χ0v) is 16.9. The van der Waals surface area contributed by atoms with E-state index in [2.05, 4.69) is 11.9 Å². The highest BCUT2D eigenvalue weighted by Gasteiger charge is 2.26. The first-order valence-corrected chi connectivity index (χ1v) is 7.25. The average molecular weight is 530 g/mol. The van der Waals surface area contributed by atoms with Crippen molar-refractivity contribution in [2.75, 3.05) is 34.3 Å². The summed E-state index contributed by atoms with van der Waals surface area (Å²) in [5.41, 5.74) is 0. The molecule has 0 amide bonds. The Morgan fingerprint density at radius 3 is 1.13 bits per heavy atom. The Balaban J connectivity index is -0.0000000171. The monoisotopic (exact) mass is 530 g/mol. The van der Waals surface area contributed by atoms with Crippen LogP contribution in [-0.2, 0) is 15.4 Å². The summed E-state index contributed by atoms with van der Waals surface area (Å²) in [5.74, 6) is 0. The van der Waals surface area contributed by atoms with Crippen LogP contribution in [0.5, 0.6) is 0 Å². The van der Waals surface area contributed by atoms with Crippen molar-refractivity contribution in [3.8, 4) is 0 Å². The lowest BCUT2D eigenvalue weighted by Gasteiger charge is -1.93. The Labute approximate surface area is 176 Å². The van der Waals surface area contributed by atoms with Gasteiger partial charge in [-0.1, -0.05) is 34.6 Å². The first-order chi connectivity index (χ1) is 11.8. The number of quaternary nitrogens is 2. The molecule has 0 aromatic carbocycles. The van der Waals surface area contributed by atoms with Crippen molar-refractivity contribution in [2.24, 2.45) is 0 Å². The quantitative estimate of drug-likeness (QED) is 0.169. The zero-order chi connectivity index (χ0) is 22.7. The topological polar surface area (TPSA) is 169 Å². The number of rotatable bonds is 4. The molecule has 0 aliphatic carbocycles. The van der Waals surface area contributed by atoms with Crippen LogP contribution in [0.3, 0.4) is 0 Å². The summed E-state index contributed by atoms with van der Waals surface area (Å²) in [6.07, 6.45) is -1.73. The van der Waals surface area contributed by atoms with Crippen molar-refractivity contribution in [2.45, 2.75) is 47.2 Å². The Hall–Kier alpha value is -1.02. The Kier molecular flexibility index (Phi) is 142. The molecule has 0 radical (unpaired) electrons. The van der Waals surface area contributed by atoms with Crippen LogP contribution < -0.4 is 12.3 Å². The maximum Gasteiger partial charge on any atom is 0.416 e. The van der Waals surface area contributed by atoms with Crippen molar-refractivity contribution >= 4 is 10.5 Å². The predicted molar refractivity (Wildman–Crippen MR) is 98.0 cm³/mol. The van der Waals surface area contributed by atoms with E-state index < -0.39 is 37.1 Å². The lowest BCUT2D eigenvalue weighted by molar-refractivity contribution is -0.167. The van der Waals surface area contributed by atoms with E-state index in [9.17, 15) is 47.9 Å². The van der Waals surface area contributed by atoms with E-state index in [4.69, 9.17) is 13.0 Å². The van der Waals surface area contributed by atoms with Crippen molar-refractivity contribution < 1.29 is 71.3 Å². The lowest BCUT2D eigenvalue weighted by atomic mass is 10.3. The van der Waals surface area contributed by atoms with E-state index in [0.717, 1.165) is 19.3 Å². The van der Waals surface area contributed by atoms with Crippen LogP contribution in [0.4, 0.5) is 47.9 Å². The summed E-state index contributed by atoms with van der Waals surface area (Å²) in [5, 5.41) is 0. The summed E-state index contributed by atoms with van der Waals surface area (Å²) in [6.45, 7) is -3.41. The van der Waals surface area contributed by atoms with Gasteiger partial charge in [0, 0.05) is 0 Å². The highest BCUT2D eigenvalue weighted by Crippen LogP contribution is 2.13. The molecular formula is C12H37F11N2O5S. The molecule has 0 atom stereocenters. The van der Waals surface area contributed by atoms with E-state index >= 15 is 0 Å². The maximum atomic E-state index is 11.2. The van der Waals surface area contributed by atoms with Crippen LogP contribution in [0, 0.1) is 0 Å². The molecule has 0 saturated carbocycles. The molecule has 9 N–H and O–H groups in total. The second-order valence-electron chi connectivity index (χ2n) is 2.86. The molecule has 0 rings (SSSR count). The summed E-state index contributed by atoms with van der Waals surface area (Å²) in [7, 11) is -4.92. The summed E-state index contributed by atoms with van der Waals surface area (Å²) in [4.78, 5) is 2.38. The molecule has 0 fully saturated rings. The smallest absolute Gasteiger partial charge is 0.416 e. The van der Waals surface area contributed by atoms with Crippen LogP contribution in [0.1, 0.15) is 41.0 Å². The standard InChI is InChI=1S/C5H11F.C2H2F4.CH2F2O.CH2F2.CH3F.2CH4.FHO3S.2H3N.H2O/c1-2-3-4-5-6;3-1-2(4,5)6;2-1-4-3;2-1-3;1-2;;;1-5(2,3)4;;;/h2-5H2,1H3;1H2;1H2;1H2;1H3;2*1H4;(H,2,3,4);2*1H3;1H2. The van der Waals surface area contributed by atoms with Gasteiger partial charge in [0.15, 0.2) is 6.67 Å². The first kappa shape index (κ1) is 69.9. The molecular weight excluding hydrogens is 493 g/mol. The third kappa shape index (κ3) is 590. The van der Waals surface area contributed by atoms with Crippen LogP contribution in [-0.4, -0.2) is 58.9 Å². The average Bonchev–Trinajstić information content (AvgIpc) is 2.54. The van der Waals surface area contributed by atoms with Crippen LogP contribution in [0.2, 0.25) is 0 Å². The van der Waals surface area contributed by atoms with E-state index in [-0.39, 0.29) is 39.3 Å². The van der Waals surface area contributed by atoms with Gasteiger partial charge < -0.3 is 22.3 Å². The number of hydrogen-bond donors (Lipinski definition) is 2. The molecule has 0 aromatic heterocycles. The van der Waals surface area contributed by atoms with Gasteiger partial charge in [0.2, 0.25) is 13.8 Å². The molecule has 31 heavy (non-hydrogen) atoms. The normalized spacial score (nSPS) is 7.68. The van der Waals surface area contributed by atoms with Crippen LogP contribution in [0.25, 0.3) is 0 Å². The Bertz CT molecular complexity index is 291. The second kappa shape index (κ2) is 63.0. The van der Waals surface area contributed by atoms with E-state index in [1.165, 1.54) is 0 Å². The fraction of sp³-hybridized carbons (Fsp3) is 1.00. The highest BCUT2D eigenvalue weighted by atomic mass is 32.3. The van der Waals surface area contributed by atoms with Gasteiger partial charge in [-0.25, -0.2) is 26.0 Å². The maximum absolute atomic E-state index is 11.2. The van der Waals surface area contributed by atoms with Gasteiger partial charge in [0.05, 0.1) is 13.9 Å². The minimum absolute atomic E-state index is 0. The number of hydrogen-bond acceptors (Lipinski definition) is 5. The molecule has 0 aromatic rings. The summed E-state index contributed by atoms with van der Waals surface area (Å²) >= 11 is 0. The fourth-order valence-corrected chi connectivity index (χ4v) is 0.344. The number of alkyl halides is 9. The van der Waals surface area contributed by atoms with Crippen molar-refractivity contribution in [3.05, 3.63) is 0 Å². The van der Waals surface area contributed by atoms with Gasteiger partial charge in [0.25, 0.3) is 10.5 Å². The summed E-state index contributed by atoms with van der Waals surface area (Å²) in [6, 6.07) is 0. The molecule has 0 spiro atoms. The fourth-order valence-electron chi connectivity index (χ4n) is 0.344. The van der Waals surface area contributed by atoms with E-state index in [1.807, 2.05) is 0 Å². The Morgan fingerprint density at radius 2 is 1.10 bits per heavy atom. The minimum Gasteiger partial charge on any atom is -0.870 e. The number of unbranched alkanes of at least 4 members (excludes halogenated alkanes) is 2. The first-order valence-electron chi connectivity index (χ1n) is 5.94. The largest absolute Gasteiger partial charge is 0.870 e. The van der Waals surface area contributed by atoms with E-state index in [0.29, 0.717) is 7.18 Å². The van der Waals surface area contributed by atoms with Crippen LogP contribution in [0.15, 0.2) is 0 Å².